The molecule has 8 atom stereocenters. The molecule has 10 saturated heterocycles. The van der Waals surface area contributed by atoms with Crippen LogP contribution in [-0.4, -0.2) is 0 Å². The molecule has 0 radical (unpaired) electrons. The molecule has 3 heteroatoms. The first kappa shape index (κ1) is 10.3. The molecule has 2 aromatic carbocycles. The van der Waals surface area contributed by atoms with E-state index in [1.54, 1.807) is 35.4 Å². The zero-order valence-electron chi connectivity index (χ0n) is 13.3. The zero-order chi connectivity index (χ0) is 15.9. The summed E-state index contributed by atoms with van der Waals surface area (Å²) in [5.41, 5.74) is 3.11. The average molecular weight is 509 g/mol. The average Bonchev–Trinajstić information content (AvgIpc) is 3.56. The van der Waals surface area contributed by atoms with Crippen LogP contribution >= 0.6 is 0 Å². The molecule has 10 heterocycles. The Kier molecular flexibility index (Phi) is 0.456. The van der Waals surface area contributed by atoms with Crippen LogP contribution in [0, 0.1) is 11.6 Å². The molecule has 0 saturated carbocycles. The van der Waals surface area contributed by atoms with Gasteiger partial charge in [0.05, 0.1) is 0 Å². The first-order chi connectivity index (χ1) is 11.9. The van der Waals surface area contributed by atoms with Crippen molar-refractivity contribution in [3.05, 3.63) is 71.3 Å². The van der Waals surface area contributed by atoms with Crippen molar-refractivity contribution in [3.8, 4) is 0 Å². The summed E-state index contributed by atoms with van der Waals surface area (Å²) in [5.74, 6) is -0.181. The second-order valence-corrected chi connectivity index (χ2v) is 66.2. The fraction of sp³-hybridized carbons (Fsp3) is 0.455. The van der Waals surface area contributed by atoms with Gasteiger partial charge in [0, 0.05) is 0 Å². The van der Waals surface area contributed by atoms with Gasteiger partial charge in [-0.15, -0.1) is 0 Å². The van der Waals surface area contributed by atoms with Gasteiger partial charge in [0.25, 0.3) is 0 Å². The predicted molar refractivity (Wildman–Crippen MR) is 86.2 cm³/mol. The Bertz CT molecular complexity index is 1430. The van der Waals surface area contributed by atoms with Crippen LogP contribution in [-0.2, 0) is 15.8 Å². The second kappa shape index (κ2) is 1.11. The van der Waals surface area contributed by atoms with Gasteiger partial charge in [-0.1, -0.05) is 0 Å². The molecule has 0 amide bonds. The molecular formula is C22H16F2Os. The fourth-order valence-electron chi connectivity index (χ4n) is 19.5. The molecule has 12 rings (SSSR count). The summed E-state index contributed by atoms with van der Waals surface area (Å²) in [6, 6.07) is 15.5. The van der Waals surface area contributed by atoms with Crippen molar-refractivity contribution < 1.29 is 16.7 Å². The molecule has 126 valence electrons. The Morgan fingerprint density at radius 3 is 1.16 bits per heavy atom. The third kappa shape index (κ3) is 0.152. The van der Waals surface area contributed by atoms with E-state index in [0.29, 0.717) is 7.94 Å². The van der Waals surface area contributed by atoms with E-state index in [9.17, 15) is 8.78 Å². The third-order valence-electron chi connectivity index (χ3n) is 17.4. The molecule has 0 bridgehead atoms. The van der Waals surface area contributed by atoms with E-state index in [1.807, 2.05) is 0 Å². The molecule has 0 aromatic heterocycles. The monoisotopic (exact) mass is 510 g/mol. The molecule has 0 N–H and O–H groups in total. The van der Waals surface area contributed by atoms with Gasteiger partial charge in [0.1, 0.15) is 0 Å². The van der Waals surface area contributed by atoms with E-state index in [0.717, 1.165) is 17.9 Å². The first-order valence-electron chi connectivity index (χ1n) is 9.66. The molecule has 2 aromatic rings. The Hall–Kier alpha value is -1.06. The minimum atomic E-state index is -4.10. The number of hydrogen-bond acceptors (Lipinski definition) is 0. The van der Waals surface area contributed by atoms with Crippen molar-refractivity contribution in [2.24, 2.45) is 0 Å². The van der Waals surface area contributed by atoms with Crippen molar-refractivity contribution in [1.29, 1.82) is 0 Å². The molecule has 0 aliphatic carbocycles. The van der Waals surface area contributed by atoms with E-state index >= 15 is 0 Å². The van der Waals surface area contributed by atoms with Gasteiger partial charge >= 0.3 is 132 Å². The van der Waals surface area contributed by atoms with Gasteiger partial charge in [-0.3, -0.25) is 0 Å². The maximum absolute atomic E-state index is 13.6. The summed E-state index contributed by atoms with van der Waals surface area (Å²) < 4.78 is 37.6. The third-order valence-corrected chi connectivity index (χ3v) is 116. The summed E-state index contributed by atoms with van der Waals surface area (Å²) >= 11 is 0. The molecule has 25 heavy (non-hydrogen) atoms. The van der Waals surface area contributed by atoms with Crippen molar-refractivity contribution in [2.45, 2.75) is 43.7 Å². The van der Waals surface area contributed by atoms with Gasteiger partial charge in [-0.25, -0.2) is 0 Å². The van der Waals surface area contributed by atoms with Crippen molar-refractivity contribution in [2.75, 3.05) is 0 Å². The predicted octanol–water partition coefficient (Wildman–Crippen LogP) is 5.87. The van der Waals surface area contributed by atoms with Crippen LogP contribution in [0.15, 0.2) is 48.5 Å². The summed E-state index contributed by atoms with van der Waals surface area (Å²) in [7, 11) is -4.10. The standard InChI is InChI=1S/2C11H8F.Os/c2*12-11-7-5-10(6-8-11)9-3-1-2-4-9;/h2*1-8H;. The van der Waals surface area contributed by atoms with E-state index in [-0.39, 0.29) is 11.6 Å². The van der Waals surface area contributed by atoms with Crippen LogP contribution in [0.3, 0.4) is 0 Å². The van der Waals surface area contributed by atoms with Gasteiger partial charge in [0.2, 0.25) is 0 Å². The topological polar surface area (TPSA) is 0 Å². The Morgan fingerprint density at radius 1 is 0.560 bits per heavy atom. The van der Waals surface area contributed by atoms with Crippen LogP contribution in [0.2, 0.25) is 35.8 Å². The number of halogens is 2. The quantitative estimate of drug-likeness (QED) is 0.476. The Labute approximate surface area is 131 Å². The molecule has 10 aliphatic heterocycles. The first-order valence-corrected chi connectivity index (χ1v) is 23.9. The normalized spacial score (nSPS) is 87.6. The second-order valence-electron chi connectivity index (χ2n) is 12.8. The van der Waals surface area contributed by atoms with Crippen LogP contribution in [0.1, 0.15) is 11.1 Å². The fourth-order valence-corrected chi connectivity index (χ4v) is 247. The van der Waals surface area contributed by atoms with E-state index in [2.05, 4.69) is 24.3 Å². The summed E-state index contributed by atoms with van der Waals surface area (Å²) in [6.07, 6.45) is 0. The summed E-state index contributed by atoms with van der Waals surface area (Å²) in [5, 5.41) is 0. The van der Waals surface area contributed by atoms with Crippen molar-refractivity contribution in [3.63, 3.8) is 0 Å². The van der Waals surface area contributed by atoms with Gasteiger partial charge in [-0.2, -0.15) is 0 Å². The van der Waals surface area contributed by atoms with Crippen molar-refractivity contribution in [1.82, 2.24) is 0 Å². The number of fused-ring (bicyclic) bond motifs is 10. The maximum atomic E-state index is 13.6. The Balaban J connectivity index is 1.33. The van der Waals surface area contributed by atoms with E-state index in [4.69, 9.17) is 0 Å². The number of rotatable bonds is 2. The van der Waals surface area contributed by atoms with Crippen LogP contribution in [0.5, 0.6) is 0 Å². The minimum absolute atomic E-state index is 0.0907. The Morgan fingerprint density at radius 2 is 0.880 bits per heavy atom. The van der Waals surface area contributed by atoms with Crippen LogP contribution < -0.4 is 0 Å². The summed E-state index contributed by atoms with van der Waals surface area (Å²) in [6.45, 7) is 0. The van der Waals surface area contributed by atoms with Crippen molar-refractivity contribution >= 4 is 0 Å². The molecule has 8 unspecified atom stereocenters. The molecule has 0 nitrogen and oxygen atoms in total. The summed E-state index contributed by atoms with van der Waals surface area (Å²) in [4.78, 5) is 0. The van der Waals surface area contributed by atoms with E-state index in [1.165, 1.54) is 17.9 Å². The number of benzene rings is 2. The van der Waals surface area contributed by atoms with Gasteiger partial charge in [-0.05, 0) is 0 Å². The number of hydrogen-bond donors (Lipinski definition) is 0. The van der Waals surface area contributed by atoms with E-state index < -0.39 is 7.88 Å². The van der Waals surface area contributed by atoms with Gasteiger partial charge < -0.3 is 0 Å². The van der Waals surface area contributed by atoms with Crippen LogP contribution in [0.25, 0.3) is 0 Å². The SMILES string of the molecule is Fc1ccc([C]23[CH]4[CH]5[CH]6[CH]2[Os]56432789[CH]3[CH]2[CH]7[C]8(c2ccc(F)cc2)[CH]39)cc1. The molecular weight excluding hydrogens is 492 g/mol. The van der Waals surface area contributed by atoms with Gasteiger partial charge in [0.15, 0.2) is 0 Å². The molecule has 10 fully saturated rings. The zero-order valence-corrected chi connectivity index (χ0v) is 15.9. The molecule has 10 aliphatic rings. The molecule has 1 spiro atoms. The van der Waals surface area contributed by atoms with Crippen LogP contribution in [0.4, 0.5) is 8.78 Å².